The lowest BCUT2D eigenvalue weighted by atomic mass is 10.1. The van der Waals surface area contributed by atoms with Crippen LogP contribution >= 0.6 is 11.6 Å². The molecule has 23 heavy (non-hydrogen) atoms. The molecule has 0 aromatic carbocycles. The quantitative estimate of drug-likeness (QED) is 0.782. The number of piperazine rings is 1. The van der Waals surface area contributed by atoms with Gasteiger partial charge in [-0.15, -0.1) is 0 Å². The summed E-state index contributed by atoms with van der Waals surface area (Å²) < 4.78 is 5.20. The van der Waals surface area contributed by atoms with Crippen molar-refractivity contribution in [1.82, 2.24) is 20.0 Å². The van der Waals surface area contributed by atoms with Gasteiger partial charge in [0.2, 0.25) is 11.2 Å². The number of rotatable bonds is 2. The maximum Gasteiger partial charge on any atom is 0.224 e. The molecule has 1 saturated heterocycles. The van der Waals surface area contributed by atoms with Crippen LogP contribution < -0.4 is 4.90 Å². The van der Waals surface area contributed by atoms with Crippen LogP contribution in [0, 0.1) is 13.8 Å². The molecule has 0 saturated carbocycles. The van der Waals surface area contributed by atoms with E-state index in [1.807, 2.05) is 24.8 Å². The van der Waals surface area contributed by atoms with Crippen LogP contribution in [0.2, 0.25) is 5.28 Å². The highest BCUT2D eigenvalue weighted by Gasteiger charge is 2.22. The molecule has 0 radical (unpaired) electrons. The second-order valence-electron chi connectivity index (χ2n) is 5.57. The van der Waals surface area contributed by atoms with E-state index in [4.69, 9.17) is 16.1 Å². The van der Waals surface area contributed by atoms with Crippen molar-refractivity contribution in [1.29, 1.82) is 0 Å². The molecule has 8 heteroatoms. The van der Waals surface area contributed by atoms with Crippen molar-refractivity contribution in [2.45, 2.75) is 20.8 Å². The van der Waals surface area contributed by atoms with E-state index in [0.717, 1.165) is 17.1 Å². The van der Waals surface area contributed by atoms with Crippen molar-refractivity contribution in [3.8, 4) is 11.3 Å². The first-order valence-corrected chi connectivity index (χ1v) is 7.82. The van der Waals surface area contributed by atoms with Gasteiger partial charge in [-0.1, -0.05) is 5.16 Å². The summed E-state index contributed by atoms with van der Waals surface area (Å²) in [6.45, 7) is 8.09. The Hall–Kier alpha value is -2.15. The summed E-state index contributed by atoms with van der Waals surface area (Å²) in [6, 6.07) is 1.89. The predicted octanol–water partition coefficient (Wildman–Crippen LogP) is 2.07. The second-order valence-corrected chi connectivity index (χ2v) is 5.91. The molecule has 0 N–H and O–H groups in total. The molecule has 1 aliphatic heterocycles. The van der Waals surface area contributed by atoms with Crippen LogP contribution in [0.4, 0.5) is 5.82 Å². The summed E-state index contributed by atoms with van der Waals surface area (Å²) in [5.74, 6) is 1.55. The Bertz CT molecular complexity index is 718. The van der Waals surface area contributed by atoms with Gasteiger partial charge in [0, 0.05) is 39.2 Å². The smallest absolute Gasteiger partial charge is 0.224 e. The molecule has 2 aromatic heterocycles. The maximum absolute atomic E-state index is 11.4. The number of aromatic nitrogens is 3. The number of anilines is 1. The highest BCUT2D eigenvalue weighted by Crippen LogP contribution is 2.29. The third kappa shape index (κ3) is 3.14. The minimum absolute atomic E-state index is 0.0989. The third-order valence-electron chi connectivity index (χ3n) is 4.02. The zero-order valence-electron chi connectivity index (χ0n) is 13.3. The largest absolute Gasteiger partial charge is 0.361 e. The minimum atomic E-state index is 0.0989. The van der Waals surface area contributed by atoms with E-state index in [9.17, 15) is 4.79 Å². The molecular formula is C15H18ClN5O2. The SMILES string of the molecule is CC(=O)N1CCN(c2cc(-c3c(C)noc3C)nc(Cl)n2)CC1. The summed E-state index contributed by atoms with van der Waals surface area (Å²) >= 11 is 6.11. The van der Waals surface area contributed by atoms with Gasteiger partial charge in [-0.05, 0) is 25.4 Å². The fraction of sp³-hybridized carbons (Fsp3) is 0.467. The van der Waals surface area contributed by atoms with Crippen LogP contribution in [0.5, 0.6) is 0 Å². The van der Waals surface area contributed by atoms with Crippen molar-refractivity contribution in [2.24, 2.45) is 0 Å². The van der Waals surface area contributed by atoms with Crippen LogP contribution in [-0.2, 0) is 4.79 Å². The Labute approximate surface area is 139 Å². The lowest BCUT2D eigenvalue weighted by molar-refractivity contribution is -0.129. The van der Waals surface area contributed by atoms with Gasteiger partial charge in [0.1, 0.15) is 11.6 Å². The summed E-state index contributed by atoms with van der Waals surface area (Å²) in [5.41, 5.74) is 2.31. The number of aryl methyl sites for hydroxylation is 2. The first kappa shape index (κ1) is 15.7. The van der Waals surface area contributed by atoms with E-state index in [1.165, 1.54) is 0 Å². The summed E-state index contributed by atoms with van der Waals surface area (Å²) in [6.07, 6.45) is 0. The topological polar surface area (TPSA) is 75.4 Å². The number of amides is 1. The van der Waals surface area contributed by atoms with Gasteiger partial charge < -0.3 is 14.3 Å². The molecule has 2 aromatic rings. The highest BCUT2D eigenvalue weighted by atomic mass is 35.5. The molecule has 1 aliphatic rings. The summed E-state index contributed by atoms with van der Waals surface area (Å²) in [5, 5.41) is 4.14. The molecule has 1 amide bonds. The van der Waals surface area contributed by atoms with E-state index in [2.05, 4.69) is 20.0 Å². The van der Waals surface area contributed by atoms with Gasteiger partial charge in [-0.25, -0.2) is 9.97 Å². The first-order chi connectivity index (χ1) is 11.0. The molecule has 0 atom stereocenters. The van der Waals surface area contributed by atoms with E-state index in [1.54, 1.807) is 6.92 Å². The molecule has 0 spiro atoms. The third-order valence-corrected chi connectivity index (χ3v) is 4.19. The normalized spacial score (nSPS) is 15.1. The van der Waals surface area contributed by atoms with Crippen LogP contribution in [0.1, 0.15) is 18.4 Å². The molecule has 1 fully saturated rings. The molecule has 0 aliphatic carbocycles. The molecule has 3 rings (SSSR count). The number of hydrogen-bond donors (Lipinski definition) is 0. The molecule has 3 heterocycles. The highest BCUT2D eigenvalue weighted by molar-refractivity contribution is 6.28. The predicted molar refractivity (Wildman–Crippen MR) is 86.5 cm³/mol. The average Bonchev–Trinajstić information content (AvgIpc) is 2.85. The van der Waals surface area contributed by atoms with Crippen LogP contribution in [0.15, 0.2) is 10.6 Å². The summed E-state index contributed by atoms with van der Waals surface area (Å²) in [7, 11) is 0. The van der Waals surface area contributed by atoms with Crippen molar-refractivity contribution in [2.75, 3.05) is 31.1 Å². The molecule has 0 unspecified atom stereocenters. The van der Waals surface area contributed by atoms with Gasteiger partial charge in [0.25, 0.3) is 0 Å². The van der Waals surface area contributed by atoms with Gasteiger partial charge >= 0.3 is 0 Å². The standard InChI is InChI=1S/C15H18ClN5O2/c1-9-14(10(2)23-19-9)12-8-13(18-15(16)17-12)21-6-4-20(5-7-21)11(3)22/h8H,4-7H2,1-3H3. The number of carbonyl (C=O) groups is 1. The zero-order valence-corrected chi connectivity index (χ0v) is 14.1. The molecule has 0 bridgehead atoms. The van der Waals surface area contributed by atoms with E-state index >= 15 is 0 Å². The Morgan fingerprint density at radius 1 is 1.22 bits per heavy atom. The number of nitrogens with zero attached hydrogens (tertiary/aromatic N) is 5. The Morgan fingerprint density at radius 2 is 1.91 bits per heavy atom. The van der Waals surface area contributed by atoms with Crippen molar-refractivity contribution in [3.05, 3.63) is 22.8 Å². The lowest BCUT2D eigenvalue weighted by Crippen LogP contribution is -2.48. The van der Waals surface area contributed by atoms with Gasteiger partial charge in [-0.2, -0.15) is 0 Å². The summed E-state index contributed by atoms with van der Waals surface area (Å²) in [4.78, 5) is 24.0. The number of carbonyl (C=O) groups excluding carboxylic acids is 1. The van der Waals surface area contributed by atoms with Crippen LogP contribution in [0.25, 0.3) is 11.3 Å². The number of halogens is 1. The van der Waals surface area contributed by atoms with E-state index < -0.39 is 0 Å². The fourth-order valence-electron chi connectivity index (χ4n) is 2.79. The minimum Gasteiger partial charge on any atom is -0.361 e. The molecule has 122 valence electrons. The lowest BCUT2D eigenvalue weighted by Gasteiger charge is -2.35. The van der Waals surface area contributed by atoms with Crippen molar-refractivity contribution >= 4 is 23.3 Å². The van der Waals surface area contributed by atoms with Gasteiger partial charge in [0.15, 0.2) is 0 Å². The second kappa shape index (κ2) is 6.16. The zero-order chi connectivity index (χ0) is 16.6. The van der Waals surface area contributed by atoms with Crippen molar-refractivity contribution in [3.63, 3.8) is 0 Å². The monoisotopic (exact) mass is 335 g/mol. The average molecular weight is 336 g/mol. The fourth-order valence-corrected chi connectivity index (χ4v) is 2.97. The van der Waals surface area contributed by atoms with Gasteiger partial charge in [0.05, 0.1) is 17.0 Å². The maximum atomic E-state index is 11.4. The van der Waals surface area contributed by atoms with Crippen LogP contribution in [0.3, 0.4) is 0 Å². The number of hydrogen-bond acceptors (Lipinski definition) is 6. The first-order valence-electron chi connectivity index (χ1n) is 7.44. The van der Waals surface area contributed by atoms with E-state index in [0.29, 0.717) is 37.6 Å². The van der Waals surface area contributed by atoms with Gasteiger partial charge in [-0.3, -0.25) is 4.79 Å². The molecule has 7 nitrogen and oxygen atoms in total. The Kier molecular flexibility index (Phi) is 4.21. The Balaban J connectivity index is 1.89. The van der Waals surface area contributed by atoms with Crippen molar-refractivity contribution < 1.29 is 9.32 Å². The Morgan fingerprint density at radius 3 is 2.48 bits per heavy atom. The van der Waals surface area contributed by atoms with Crippen LogP contribution in [-0.4, -0.2) is 52.1 Å². The molecular weight excluding hydrogens is 318 g/mol. The van der Waals surface area contributed by atoms with E-state index in [-0.39, 0.29) is 11.2 Å².